The molecule has 0 unspecified atom stereocenters. The molecule has 0 bridgehead atoms. The quantitative estimate of drug-likeness (QED) is 0.831. The van der Waals surface area contributed by atoms with Crippen LogP contribution in [-0.2, 0) is 14.4 Å². The van der Waals surface area contributed by atoms with Gasteiger partial charge in [0.15, 0.2) is 0 Å². The fourth-order valence-electron chi connectivity index (χ4n) is 1.89. The first-order chi connectivity index (χ1) is 10.3. The molecule has 1 aromatic carbocycles. The van der Waals surface area contributed by atoms with Gasteiger partial charge in [-0.3, -0.25) is 14.4 Å². The number of anilines is 1. The molecule has 0 radical (unpaired) electrons. The summed E-state index contributed by atoms with van der Waals surface area (Å²) in [4.78, 5) is 36.4. The van der Waals surface area contributed by atoms with Crippen LogP contribution in [0.15, 0.2) is 24.3 Å². The maximum absolute atomic E-state index is 11.8. The molecule has 0 heterocycles. The lowest BCUT2D eigenvalue weighted by Crippen LogP contribution is -2.44. The van der Waals surface area contributed by atoms with Gasteiger partial charge in [0, 0.05) is 18.7 Å². The third-order valence-corrected chi connectivity index (χ3v) is 3.12. The molecule has 0 aromatic heterocycles. The van der Waals surface area contributed by atoms with Crippen molar-refractivity contribution >= 4 is 23.4 Å². The topological polar surface area (TPSA) is 78.5 Å². The first-order valence-corrected chi connectivity index (χ1v) is 7.20. The molecular formula is C16H23N3O3. The minimum Gasteiger partial charge on any atom is -0.345 e. The molecule has 0 aliphatic carbocycles. The van der Waals surface area contributed by atoms with E-state index in [-0.39, 0.29) is 36.9 Å². The molecule has 0 saturated carbocycles. The highest BCUT2D eigenvalue weighted by molar-refractivity contribution is 5.95. The third-order valence-electron chi connectivity index (χ3n) is 3.12. The van der Waals surface area contributed by atoms with E-state index in [0.717, 1.165) is 5.56 Å². The molecule has 6 nitrogen and oxygen atoms in total. The van der Waals surface area contributed by atoms with Gasteiger partial charge in [-0.05, 0) is 32.9 Å². The Morgan fingerprint density at radius 2 is 1.68 bits per heavy atom. The molecule has 120 valence electrons. The second kappa shape index (κ2) is 8.17. The van der Waals surface area contributed by atoms with E-state index in [1.807, 2.05) is 32.9 Å². The normalized spacial score (nSPS) is 10.2. The minimum absolute atomic E-state index is 0.0508. The molecule has 0 fully saturated rings. The predicted molar refractivity (Wildman–Crippen MR) is 85.3 cm³/mol. The Hall–Kier alpha value is -2.37. The van der Waals surface area contributed by atoms with Crippen LogP contribution in [0.3, 0.4) is 0 Å². The molecule has 0 spiro atoms. The van der Waals surface area contributed by atoms with E-state index in [4.69, 9.17) is 0 Å². The van der Waals surface area contributed by atoms with Crippen LogP contribution >= 0.6 is 0 Å². The smallest absolute Gasteiger partial charge is 0.243 e. The Morgan fingerprint density at radius 3 is 2.18 bits per heavy atom. The van der Waals surface area contributed by atoms with Crippen LogP contribution in [0.5, 0.6) is 0 Å². The predicted octanol–water partition coefficient (Wildman–Crippen LogP) is 1.31. The fraction of sp³-hybridized carbons (Fsp3) is 0.438. The largest absolute Gasteiger partial charge is 0.345 e. The van der Waals surface area contributed by atoms with Gasteiger partial charge in [0.1, 0.15) is 0 Å². The number of nitrogens with zero attached hydrogens (tertiary/aromatic N) is 1. The fourth-order valence-corrected chi connectivity index (χ4v) is 1.89. The van der Waals surface area contributed by atoms with Crippen molar-refractivity contribution in [1.82, 2.24) is 10.2 Å². The number of rotatable bonds is 6. The van der Waals surface area contributed by atoms with Crippen molar-refractivity contribution in [2.75, 3.05) is 18.4 Å². The van der Waals surface area contributed by atoms with Gasteiger partial charge in [0.25, 0.3) is 0 Å². The monoisotopic (exact) mass is 305 g/mol. The lowest BCUT2D eigenvalue weighted by Gasteiger charge is -2.24. The van der Waals surface area contributed by atoms with Crippen molar-refractivity contribution in [1.29, 1.82) is 0 Å². The number of hydrogen-bond acceptors (Lipinski definition) is 3. The number of aryl methyl sites for hydroxylation is 1. The van der Waals surface area contributed by atoms with Crippen LogP contribution in [0.2, 0.25) is 0 Å². The van der Waals surface area contributed by atoms with E-state index >= 15 is 0 Å². The average molecular weight is 305 g/mol. The molecule has 0 saturated heterocycles. The standard InChI is InChI=1S/C16H23N3O3/c1-11(2)19(13(4)20)10-16(22)17-9-15(21)18-14-7-5-12(3)6-8-14/h5-8,11H,9-10H2,1-4H3,(H,17,22)(H,18,21). The van der Waals surface area contributed by atoms with Crippen molar-refractivity contribution < 1.29 is 14.4 Å². The summed E-state index contributed by atoms with van der Waals surface area (Å²) in [6.07, 6.45) is 0. The van der Waals surface area contributed by atoms with Crippen molar-refractivity contribution in [3.05, 3.63) is 29.8 Å². The highest BCUT2D eigenvalue weighted by atomic mass is 16.2. The first-order valence-electron chi connectivity index (χ1n) is 7.20. The van der Waals surface area contributed by atoms with E-state index in [2.05, 4.69) is 10.6 Å². The van der Waals surface area contributed by atoms with Crippen molar-refractivity contribution in [3.8, 4) is 0 Å². The molecule has 1 aromatic rings. The van der Waals surface area contributed by atoms with Crippen molar-refractivity contribution in [3.63, 3.8) is 0 Å². The minimum atomic E-state index is -0.358. The van der Waals surface area contributed by atoms with Gasteiger partial charge in [-0.2, -0.15) is 0 Å². The van der Waals surface area contributed by atoms with Gasteiger partial charge in [0.05, 0.1) is 13.1 Å². The Kier molecular flexibility index (Phi) is 6.56. The number of hydrogen-bond donors (Lipinski definition) is 2. The molecule has 3 amide bonds. The van der Waals surface area contributed by atoms with E-state index in [1.165, 1.54) is 11.8 Å². The lowest BCUT2D eigenvalue weighted by molar-refractivity contribution is -0.136. The highest BCUT2D eigenvalue weighted by Crippen LogP contribution is 2.07. The first kappa shape index (κ1) is 17.7. The average Bonchev–Trinajstić information content (AvgIpc) is 2.44. The van der Waals surface area contributed by atoms with Crippen molar-refractivity contribution in [2.24, 2.45) is 0 Å². The second-order valence-corrected chi connectivity index (χ2v) is 5.43. The zero-order valence-electron chi connectivity index (χ0n) is 13.5. The number of amides is 3. The summed E-state index contributed by atoms with van der Waals surface area (Å²) in [6, 6.07) is 7.31. The van der Waals surface area contributed by atoms with Gasteiger partial charge in [0.2, 0.25) is 17.7 Å². The Balaban J connectivity index is 2.41. The van der Waals surface area contributed by atoms with Gasteiger partial charge >= 0.3 is 0 Å². The maximum Gasteiger partial charge on any atom is 0.243 e. The molecule has 0 aliphatic rings. The maximum atomic E-state index is 11.8. The number of carbonyl (C=O) groups excluding carboxylic acids is 3. The van der Waals surface area contributed by atoms with Crippen LogP contribution in [0.4, 0.5) is 5.69 Å². The molecule has 6 heteroatoms. The summed E-state index contributed by atoms with van der Waals surface area (Å²) in [7, 11) is 0. The van der Waals surface area contributed by atoms with Crippen molar-refractivity contribution in [2.45, 2.75) is 33.7 Å². The summed E-state index contributed by atoms with van der Waals surface area (Å²) >= 11 is 0. The zero-order valence-corrected chi connectivity index (χ0v) is 13.5. The SMILES string of the molecule is CC(=O)N(CC(=O)NCC(=O)Nc1ccc(C)cc1)C(C)C. The highest BCUT2D eigenvalue weighted by Gasteiger charge is 2.16. The van der Waals surface area contributed by atoms with Gasteiger partial charge in [-0.1, -0.05) is 17.7 Å². The third kappa shape index (κ3) is 5.95. The van der Waals surface area contributed by atoms with Crippen LogP contribution in [0.25, 0.3) is 0 Å². The number of benzene rings is 1. The van der Waals surface area contributed by atoms with Gasteiger partial charge in [-0.15, -0.1) is 0 Å². The molecule has 0 aliphatic heterocycles. The van der Waals surface area contributed by atoms with E-state index < -0.39 is 0 Å². The van der Waals surface area contributed by atoms with E-state index in [0.29, 0.717) is 5.69 Å². The Bertz CT molecular complexity index is 538. The number of carbonyl (C=O) groups is 3. The second-order valence-electron chi connectivity index (χ2n) is 5.43. The molecule has 22 heavy (non-hydrogen) atoms. The van der Waals surface area contributed by atoms with Crippen LogP contribution < -0.4 is 10.6 Å². The van der Waals surface area contributed by atoms with Gasteiger partial charge in [-0.25, -0.2) is 0 Å². The summed E-state index contributed by atoms with van der Waals surface area (Å²) in [5.74, 6) is -0.840. The van der Waals surface area contributed by atoms with Gasteiger partial charge < -0.3 is 15.5 Å². The molecule has 0 atom stereocenters. The van der Waals surface area contributed by atoms with Crippen LogP contribution in [0.1, 0.15) is 26.3 Å². The lowest BCUT2D eigenvalue weighted by atomic mass is 10.2. The molecule has 1 rings (SSSR count). The summed E-state index contributed by atoms with van der Waals surface area (Å²) in [5, 5.41) is 5.20. The van der Waals surface area contributed by atoms with Crippen LogP contribution in [-0.4, -0.2) is 41.8 Å². The van der Waals surface area contributed by atoms with E-state index in [9.17, 15) is 14.4 Å². The summed E-state index contributed by atoms with van der Waals surface area (Å²) in [5.41, 5.74) is 1.78. The Labute approximate surface area is 130 Å². The molecular weight excluding hydrogens is 282 g/mol. The van der Waals surface area contributed by atoms with E-state index in [1.54, 1.807) is 12.1 Å². The summed E-state index contributed by atoms with van der Waals surface area (Å²) in [6.45, 7) is 6.86. The Morgan fingerprint density at radius 1 is 1.09 bits per heavy atom. The van der Waals surface area contributed by atoms with Crippen LogP contribution in [0, 0.1) is 6.92 Å². The molecule has 2 N–H and O–H groups in total. The zero-order chi connectivity index (χ0) is 16.7. The number of nitrogens with one attached hydrogen (secondary N) is 2. The summed E-state index contributed by atoms with van der Waals surface area (Å²) < 4.78 is 0.